The van der Waals surface area contributed by atoms with Crippen molar-refractivity contribution in [3.05, 3.63) is 24.0 Å². The Labute approximate surface area is 191 Å². The molecule has 0 spiro atoms. The predicted molar refractivity (Wildman–Crippen MR) is 110 cm³/mol. The summed E-state index contributed by atoms with van der Waals surface area (Å²) in [5.74, 6) is -3.60. The number of aromatic nitrogens is 3. The van der Waals surface area contributed by atoms with Gasteiger partial charge in [-0.2, -0.15) is 23.1 Å². The normalized spacial score (nSPS) is 14.9. The van der Waals surface area contributed by atoms with Crippen LogP contribution in [0.4, 0.5) is 13.2 Å². The summed E-state index contributed by atoms with van der Waals surface area (Å²) in [6.45, 7) is 5.23. The van der Waals surface area contributed by atoms with Crippen molar-refractivity contribution in [2.75, 3.05) is 32.9 Å². The third-order valence-corrected chi connectivity index (χ3v) is 4.84. The van der Waals surface area contributed by atoms with Gasteiger partial charge in [-0.25, -0.2) is 9.78 Å². The molecule has 2 aromatic heterocycles. The van der Waals surface area contributed by atoms with E-state index in [-0.39, 0.29) is 28.6 Å². The fourth-order valence-corrected chi connectivity index (χ4v) is 3.24. The second-order valence-electron chi connectivity index (χ2n) is 7.40. The lowest BCUT2D eigenvalue weighted by atomic mass is 10.2. The Morgan fingerprint density at radius 3 is 2.68 bits per heavy atom. The highest BCUT2D eigenvalue weighted by molar-refractivity contribution is 5.83. The van der Waals surface area contributed by atoms with Crippen molar-refractivity contribution in [3.63, 3.8) is 0 Å². The van der Waals surface area contributed by atoms with E-state index in [0.29, 0.717) is 51.7 Å². The maximum Gasteiger partial charge on any atom is 0.491 e. The molecule has 0 bridgehead atoms. The Hall–Kier alpha value is -3.45. The van der Waals surface area contributed by atoms with Crippen molar-refractivity contribution in [2.24, 2.45) is 0 Å². The van der Waals surface area contributed by atoms with E-state index < -0.39 is 23.6 Å². The summed E-state index contributed by atoms with van der Waals surface area (Å²) in [7, 11) is 0. The topological polar surface area (TPSA) is 120 Å². The minimum Gasteiger partial charge on any atom is -0.504 e. The van der Waals surface area contributed by atoms with Gasteiger partial charge in [0.2, 0.25) is 11.8 Å². The first kappa shape index (κ1) is 23.7. The largest absolute Gasteiger partial charge is 0.504 e. The van der Waals surface area contributed by atoms with E-state index in [1.54, 1.807) is 0 Å². The molecule has 0 unspecified atom stereocenters. The summed E-state index contributed by atoms with van der Waals surface area (Å²) in [6.07, 6.45) is -4.57. The molecule has 0 amide bonds. The number of aromatic hydroxyl groups is 1. The number of carbonyl (C=O) groups is 1. The van der Waals surface area contributed by atoms with E-state index in [9.17, 15) is 23.1 Å². The molecular weight excluding hydrogens is 461 g/mol. The van der Waals surface area contributed by atoms with Crippen LogP contribution < -0.4 is 9.47 Å². The molecule has 13 heteroatoms. The first-order valence-electron chi connectivity index (χ1n) is 10.5. The summed E-state index contributed by atoms with van der Waals surface area (Å²) in [5, 5.41) is 10.1. The maximum atomic E-state index is 12.7. The summed E-state index contributed by atoms with van der Waals surface area (Å²) in [6, 6.07) is 3.70. The van der Waals surface area contributed by atoms with Gasteiger partial charge in [0.1, 0.15) is 0 Å². The van der Waals surface area contributed by atoms with Gasteiger partial charge in [-0.3, -0.25) is 4.90 Å². The zero-order valence-electron chi connectivity index (χ0n) is 18.1. The summed E-state index contributed by atoms with van der Waals surface area (Å²) in [5.41, 5.74) is 0.00759. The van der Waals surface area contributed by atoms with Crippen LogP contribution in [0.3, 0.4) is 0 Å². The number of phenolic OH excluding ortho intramolecular Hbond substituents is 1. The second-order valence-corrected chi connectivity index (χ2v) is 7.40. The van der Waals surface area contributed by atoms with Gasteiger partial charge in [0.05, 0.1) is 31.9 Å². The number of para-hydroxylation sites is 1. The van der Waals surface area contributed by atoms with Gasteiger partial charge in [-0.15, -0.1) is 0 Å². The Morgan fingerprint density at radius 2 is 1.97 bits per heavy atom. The van der Waals surface area contributed by atoms with Crippen LogP contribution >= 0.6 is 0 Å². The van der Waals surface area contributed by atoms with Gasteiger partial charge < -0.3 is 23.7 Å². The summed E-state index contributed by atoms with van der Waals surface area (Å²) >= 11 is 0. The molecule has 3 heterocycles. The molecule has 4 rings (SSSR count). The SMILES string of the molecule is CCCOc1nc(CN2CCOCC2)nc2oc(-c3cccc(O)c3OC(=O)C(F)(F)F)nc12. The molecule has 0 atom stereocenters. The molecule has 10 nitrogen and oxygen atoms in total. The molecule has 1 aromatic carbocycles. The number of hydrogen-bond acceptors (Lipinski definition) is 10. The lowest BCUT2D eigenvalue weighted by molar-refractivity contribution is -0.189. The molecule has 1 fully saturated rings. The van der Waals surface area contributed by atoms with E-state index in [0.717, 1.165) is 6.07 Å². The van der Waals surface area contributed by atoms with Crippen molar-refractivity contribution in [1.82, 2.24) is 19.9 Å². The predicted octanol–water partition coefficient (Wildman–Crippen LogP) is 3.08. The quantitative estimate of drug-likeness (QED) is 0.397. The van der Waals surface area contributed by atoms with Gasteiger partial charge in [0.15, 0.2) is 22.8 Å². The number of esters is 1. The number of hydrogen-bond donors (Lipinski definition) is 1. The van der Waals surface area contributed by atoms with E-state index in [2.05, 4.69) is 24.6 Å². The number of oxazole rings is 1. The molecule has 1 saturated heterocycles. The lowest BCUT2D eigenvalue weighted by Gasteiger charge is -2.25. The van der Waals surface area contributed by atoms with Crippen molar-refractivity contribution in [3.8, 4) is 28.8 Å². The number of fused-ring (bicyclic) bond motifs is 1. The highest BCUT2D eigenvalue weighted by Crippen LogP contribution is 2.39. The molecule has 0 aliphatic carbocycles. The zero-order chi connectivity index (χ0) is 24.3. The van der Waals surface area contributed by atoms with Gasteiger partial charge in [0.25, 0.3) is 5.71 Å². The Balaban J connectivity index is 1.74. The number of phenols is 1. The number of halogens is 3. The van der Waals surface area contributed by atoms with Crippen LogP contribution in [0, 0.1) is 0 Å². The number of ether oxygens (including phenoxy) is 3. The van der Waals surface area contributed by atoms with Crippen molar-refractivity contribution >= 4 is 17.2 Å². The maximum absolute atomic E-state index is 12.7. The van der Waals surface area contributed by atoms with Crippen molar-refractivity contribution in [1.29, 1.82) is 0 Å². The van der Waals surface area contributed by atoms with Gasteiger partial charge in [0, 0.05) is 13.1 Å². The van der Waals surface area contributed by atoms with Crippen LogP contribution in [0.1, 0.15) is 19.2 Å². The second kappa shape index (κ2) is 9.81. The van der Waals surface area contributed by atoms with Crippen molar-refractivity contribution in [2.45, 2.75) is 26.1 Å². The van der Waals surface area contributed by atoms with Crippen LogP contribution in [0.15, 0.2) is 22.6 Å². The van der Waals surface area contributed by atoms with E-state index in [1.165, 1.54) is 12.1 Å². The van der Waals surface area contributed by atoms with Crippen LogP contribution in [0.2, 0.25) is 0 Å². The van der Waals surface area contributed by atoms with Crippen LogP contribution in [-0.4, -0.2) is 70.0 Å². The molecule has 3 aromatic rings. The van der Waals surface area contributed by atoms with Crippen LogP contribution in [-0.2, 0) is 16.1 Å². The Morgan fingerprint density at radius 1 is 1.21 bits per heavy atom. The molecule has 1 aliphatic heterocycles. The van der Waals surface area contributed by atoms with E-state index >= 15 is 0 Å². The molecule has 182 valence electrons. The Kier molecular flexibility index (Phi) is 6.84. The minimum atomic E-state index is -5.26. The molecule has 0 saturated carbocycles. The molecule has 34 heavy (non-hydrogen) atoms. The first-order valence-corrected chi connectivity index (χ1v) is 10.5. The standard InChI is InChI=1S/C21H21F3N4O6/c1-2-8-32-18-15-19(26-14(25-18)11-28-6-9-31-10-7-28)34-17(27-15)12-4-3-5-13(29)16(12)33-20(30)21(22,23)24/h3-5,29H,2,6-11H2,1H3. The molecule has 1 aliphatic rings. The molecule has 0 radical (unpaired) electrons. The van der Waals surface area contributed by atoms with Crippen LogP contribution in [0.25, 0.3) is 22.7 Å². The Bertz CT molecular complexity index is 1180. The number of carbonyl (C=O) groups excluding carboxylic acids is 1. The smallest absolute Gasteiger partial charge is 0.491 e. The lowest BCUT2D eigenvalue weighted by Crippen LogP contribution is -2.36. The number of alkyl halides is 3. The number of morpholine rings is 1. The minimum absolute atomic E-state index is 0.0378. The first-order chi connectivity index (χ1) is 16.3. The summed E-state index contributed by atoms with van der Waals surface area (Å²) < 4.78 is 59.4. The number of rotatable bonds is 7. The average Bonchev–Trinajstić information content (AvgIpc) is 3.23. The van der Waals surface area contributed by atoms with E-state index in [1.807, 2.05) is 6.92 Å². The van der Waals surface area contributed by atoms with Gasteiger partial charge in [-0.1, -0.05) is 13.0 Å². The fourth-order valence-electron chi connectivity index (χ4n) is 3.24. The number of nitrogens with zero attached hydrogens (tertiary/aromatic N) is 4. The zero-order valence-corrected chi connectivity index (χ0v) is 18.1. The fraction of sp³-hybridized carbons (Fsp3) is 0.429. The number of benzene rings is 1. The summed E-state index contributed by atoms with van der Waals surface area (Å²) in [4.78, 5) is 26.6. The van der Waals surface area contributed by atoms with E-state index in [4.69, 9.17) is 13.9 Å². The van der Waals surface area contributed by atoms with Crippen molar-refractivity contribution < 1.29 is 41.7 Å². The highest BCUT2D eigenvalue weighted by Gasteiger charge is 2.42. The van der Waals surface area contributed by atoms with Crippen LogP contribution in [0.5, 0.6) is 17.4 Å². The molecular formula is C21H21F3N4O6. The average molecular weight is 482 g/mol. The molecule has 1 N–H and O–H groups in total. The van der Waals surface area contributed by atoms with Gasteiger partial charge in [-0.05, 0) is 18.6 Å². The monoisotopic (exact) mass is 482 g/mol. The third-order valence-electron chi connectivity index (χ3n) is 4.84. The third kappa shape index (κ3) is 5.20. The highest BCUT2D eigenvalue weighted by atomic mass is 19.4. The van der Waals surface area contributed by atoms with Gasteiger partial charge >= 0.3 is 12.1 Å².